The van der Waals surface area contributed by atoms with Crippen LogP contribution < -0.4 is 5.32 Å². The molecule has 0 unspecified atom stereocenters. The van der Waals surface area contributed by atoms with E-state index in [0.29, 0.717) is 11.4 Å². The highest BCUT2D eigenvalue weighted by molar-refractivity contribution is 5.35. The van der Waals surface area contributed by atoms with Crippen molar-refractivity contribution in [2.45, 2.75) is 13.0 Å². The van der Waals surface area contributed by atoms with E-state index in [1.54, 1.807) is 12.3 Å². The normalized spacial score (nSPS) is 11.0. The molecular formula is C14H11F3N6. The van der Waals surface area contributed by atoms with Crippen LogP contribution in [-0.2, 0) is 6.54 Å². The summed E-state index contributed by atoms with van der Waals surface area (Å²) >= 11 is 0. The molecule has 0 atom stereocenters. The zero-order chi connectivity index (χ0) is 16.2. The van der Waals surface area contributed by atoms with Crippen molar-refractivity contribution in [3.8, 4) is 5.69 Å². The van der Waals surface area contributed by atoms with E-state index < -0.39 is 12.2 Å². The molecule has 2 heterocycles. The number of rotatable bonds is 5. The Morgan fingerprint density at radius 1 is 1.17 bits per heavy atom. The highest BCUT2D eigenvalue weighted by atomic mass is 19.3. The van der Waals surface area contributed by atoms with Crippen LogP contribution in [0.4, 0.5) is 19.1 Å². The molecule has 2 aromatic heterocycles. The number of hydrogen-bond donors (Lipinski definition) is 1. The number of halogens is 3. The molecule has 118 valence electrons. The van der Waals surface area contributed by atoms with E-state index in [-0.39, 0.29) is 18.1 Å². The zero-order valence-electron chi connectivity index (χ0n) is 11.7. The second-order valence-electron chi connectivity index (χ2n) is 4.63. The summed E-state index contributed by atoms with van der Waals surface area (Å²) in [5.41, 5.74) is 0.956. The molecule has 0 radical (unpaired) electrons. The van der Waals surface area contributed by atoms with Gasteiger partial charge in [0.2, 0.25) is 5.95 Å². The van der Waals surface area contributed by atoms with Gasteiger partial charge in [0.1, 0.15) is 5.69 Å². The fourth-order valence-corrected chi connectivity index (χ4v) is 1.88. The van der Waals surface area contributed by atoms with Gasteiger partial charge < -0.3 is 5.32 Å². The minimum atomic E-state index is -2.55. The Labute approximate surface area is 129 Å². The SMILES string of the molecule is Fc1cnc(NCc2cn(-c3cccc(C(F)F)c3)nn2)nc1. The third-order valence-electron chi connectivity index (χ3n) is 2.98. The first-order valence-corrected chi connectivity index (χ1v) is 6.63. The van der Waals surface area contributed by atoms with Crippen molar-refractivity contribution in [1.29, 1.82) is 0 Å². The molecule has 0 fully saturated rings. The highest BCUT2D eigenvalue weighted by Crippen LogP contribution is 2.20. The molecule has 0 amide bonds. The fraction of sp³-hybridized carbons (Fsp3) is 0.143. The molecule has 0 aliphatic heterocycles. The van der Waals surface area contributed by atoms with Crippen LogP contribution >= 0.6 is 0 Å². The van der Waals surface area contributed by atoms with Crippen molar-refractivity contribution >= 4 is 5.95 Å². The monoisotopic (exact) mass is 320 g/mol. The Kier molecular flexibility index (Phi) is 4.18. The van der Waals surface area contributed by atoms with E-state index >= 15 is 0 Å². The maximum Gasteiger partial charge on any atom is 0.263 e. The van der Waals surface area contributed by atoms with Gasteiger partial charge in [0.25, 0.3) is 6.43 Å². The van der Waals surface area contributed by atoms with Gasteiger partial charge in [-0.3, -0.25) is 0 Å². The van der Waals surface area contributed by atoms with E-state index in [1.807, 2.05) is 0 Å². The number of anilines is 1. The summed E-state index contributed by atoms with van der Waals surface area (Å²) < 4.78 is 39.5. The predicted octanol–water partition coefficient (Wildman–Crippen LogP) is 2.75. The molecule has 0 aliphatic carbocycles. The maximum atomic E-state index is 12.7. The Morgan fingerprint density at radius 3 is 2.70 bits per heavy atom. The molecule has 6 nitrogen and oxygen atoms in total. The second kappa shape index (κ2) is 6.42. The number of aromatic nitrogens is 5. The van der Waals surface area contributed by atoms with E-state index in [4.69, 9.17) is 0 Å². The minimum Gasteiger partial charge on any atom is -0.348 e. The topological polar surface area (TPSA) is 68.5 Å². The first kappa shape index (κ1) is 14.9. The average Bonchev–Trinajstić information content (AvgIpc) is 3.03. The molecule has 3 aromatic rings. The van der Waals surface area contributed by atoms with Gasteiger partial charge in [0, 0.05) is 5.56 Å². The number of nitrogens with zero attached hydrogens (tertiary/aromatic N) is 5. The third-order valence-corrected chi connectivity index (χ3v) is 2.98. The summed E-state index contributed by atoms with van der Waals surface area (Å²) in [6, 6.07) is 5.88. The summed E-state index contributed by atoms with van der Waals surface area (Å²) in [6.07, 6.45) is 1.14. The first-order chi connectivity index (χ1) is 11.1. The van der Waals surface area contributed by atoms with Gasteiger partial charge in [-0.05, 0) is 12.1 Å². The molecule has 0 spiro atoms. The molecule has 9 heteroatoms. The average molecular weight is 320 g/mol. The summed E-state index contributed by atoms with van der Waals surface area (Å²) in [7, 11) is 0. The highest BCUT2D eigenvalue weighted by Gasteiger charge is 2.09. The van der Waals surface area contributed by atoms with Gasteiger partial charge in [0.15, 0.2) is 5.82 Å². The number of nitrogens with one attached hydrogen (secondary N) is 1. The molecule has 0 aliphatic rings. The molecule has 23 heavy (non-hydrogen) atoms. The number of benzene rings is 1. The Bertz CT molecular complexity index is 787. The lowest BCUT2D eigenvalue weighted by molar-refractivity contribution is 0.151. The van der Waals surface area contributed by atoms with Gasteiger partial charge in [0.05, 0.1) is 30.8 Å². The Morgan fingerprint density at radius 2 is 1.96 bits per heavy atom. The van der Waals surface area contributed by atoms with E-state index in [0.717, 1.165) is 12.4 Å². The van der Waals surface area contributed by atoms with Crippen LogP contribution in [0.2, 0.25) is 0 Å². The second-order valence-corrected chi connectivity index (χ2v) is 4.63. The maximum absolute atomic E-state index is 12.7. The van der Waals surface area contributed by atoms with Crippen LogP contribution in [0.3, 0.4) is 0 Å². The largest absolute Gasteiger partial charge is 0.348 e. The molecule has 0 bridgehead atoms. The number of hydrogen-bond acceptors (Lipinski definition) is 5. The van der Waals surface area contributed by atoms with Crippen LogP contribution in [0.15, 0.2) is 42.9 Å². The van der Waals surface area contributed by atoms with Crippen molar-refractivity contribution in [2.24, 2.45) is 0 Å². The minimum absolute atomic E-state index is 0.0858. The van der Waals surface area contributed by atoms with Gasteiger partial charge in [-0.15, -0.1) is 5.10 Å². The van der Waals surface area contributed by atoms with Gasteiger partial charge >= 0.3 is 0 Å². The van der Waals surface area contributed by atoms with Crippen molar-refractivity contribution < 1.29 is 13.2 Å². The zero-order valence-corrected chi connectivity index (χ0v) is 11.7. The standard InChI is InChI=1S/C14H11F3N6/c15-10-5-18-14(19-6-10)20-7-11-8-23(22-21-11)12-3-1-2-9(4-12)13(16)17/h1-6,8,13H,7H2,(H,18,19,20). The lowest BCUT2D eigenvalue weighted by atomic mass is 10.2. The molecule has 0 saturated carbocycles. The van der Waals surface area contributed by atoms with Crippen LogP contribution in [0.25, 0.3) is 5.69 Å². The molecule has 1 N–H and O–H groups in total. The molecule has 0 saturated heterocycles. The van der Waals surface area contributed by atoms with Gasteiger partial charge in [-0.2, -0.15) is 0 Å². The summed E-state index contributed by atoms with van der Waals surface area (Å²) in [5, 5.41) is 10.7. The third kappa shape index (κ3) is 3.62. The van der Waals surface area contributed by atoms with E-state index in [1.165, 1.54) is 22.9 Å². The van der Waals surface area contributed by atoms with Crippen molar-refractivity contribution in [3.63, 3.8) is 0 Å². The van der Waals surface area contributed by atoms with Gasteiger partial charge in [-0.25, -0.2) is 27.8 Å². The molecule has 1 aromatic carbocycles. The van der Waals surface area contributed by atoms with Crippen LogP contribution in [0, 0.1) is 5.82 Å². The quantitative estimate of drug-likeness (QED) is 0.783. The summed E-state index contributed by atoms with van der Waals surface area (Å²) in [6.45, 7) is 0.264. The molecular weight excluding hydrogens is 309 g/mol. The summed E-state index contributed by atoms with van der Waals surface area (Å²) in [5.74, 6) is -0.277. The Hall–Kier alpha value is -2.97. The predicted molar refractivity (Wildman–Crippen MR) is 75.6 cm³/mol. The van der Waals surface area contributed by atoms with Crippen molar-refractivity contribution in [3.05, 3.63) is 59.9 Å². The van der Waals surface area contributed by atoms with Crippen molar-refractivity contribution in [2.75, 3.05) is 5.32 Å². The van der Waals surface area contributed by atoms with Crippen LogP contribution in [0.5, 0.6) is 0 Å². The molecule has 3 rings (SSSR count). The van der Waals surface area contributed by atoms with Gasteiger partial charge in [-0.1, -0.05) is 17.3 Å². The van der Waals surface area contributed by atoms with Crippen LogP contribution in [0.1, 0.15) is 17.7 Å². The smallest absolute Gasteiger partial charge is 0.263 e. The lowest BCUT2D eigenvalue weighted by Gasteiger charge is -2.03. The summed E-state index contributed by atoms with van der Waals surface area (Å²) in [4.78, 5) is 7.51. The van der Waals surface area contributed by atoms with Crippen molar-refractivity contribution in [1.82, 2.24) is 25.0 Å². The Balaban J connectivity index is 1.70. The number of alkyl halides is 2. The first-order valence-electron chi connectivity index (χ1n) is 6.63. The van der Waals surface area contributed by atoms with E-state index in [2.05, 4.69) is 25.6 Å². The lowest BCUT2D eigenvalue weighted by Crippen LogP contribution is -2.03. The fourth-order valence-electron chi connectivity index (χ4n) is 1.88. The van der Waals surface area contributed by atoms with Crippen LogP contribution in [-0.4, -0.2) is 25.0 Å². The van der Waals surface area contributed by atoms with E-state index in [9.17, 15) is 13.2 Å².